The van der Waals surface area contributed by atoms with E-state index in [0.717, 1.165) is 53.2 Å². The zero-order chi connectivity index (χ0) is 19.6. The molecule has 0 spiro atoms. The standard InChI is InChI=1S/C21H27N3O2S/c1-12-9-13(2)24-21(26)17(12)10-23-20(25)18-11-27-19(15(18)4)14(3)16-5-7-22-8-6-16/h9,11,16-17,22H,3,5-8,10H2,1-2,4H3,(H,23,25). The molecule has 1 fully saturated rings. The second kappa shape index (κ2) is 8.31. The fourth-order valence-electron chi connectivity index (χ4n) is 3.76. The van der Waals surface area contributed by atoms with Crippen LogP contribution in [0.4, 0.5) is 0 Å². The van der Waals surface area contributed by atoms with Gasteiger partial charge in [-0.1, -0.05) is 12.2 Å². The molecule has 0 radical (unpaired) electrons. The number of nitrogens with one attached hydrogen (secondary N) is 2. The van der Waals surface area contributed by atoms with Gasteiger partial charge >= 0.3 is 0 Å². The zero-order valence-corrected chi connectivity index (χ0v) is 17.0. The molecule has 1 aromatic heterocycles. The van der Waals surface area contributed by atoms with Crippen LogP contribution in [0.15, 0.2) is 28.6 Å². The van der Waals surface area contributed by atoms with Crippen molar-refractivity contribution in [1.29, 1.82) is 0 Å². The molecule has 3 heterocycles. The molecule has 3 rings (SSSR count). The van der Waals surface area contributed by atoms with E-state index in [4.69, 9.17) is 0 Å². The molecular formula is C21H27N3O2S. The van der Waals surface area contributed by atoms with Gasteiger partial charge in [-0.3, -0.25) is 9.59 Å². The van der Waals surface area contributed by atoms with Gasteiger partial charge in [-0.2, -0.15) is 0 Å². The van der Waals surface area contributed by atoms with Crippen molar-refractivity contribution >= 4 is 34.4 Å². The van der Waals surface area contributed by atoms with E-state index in [1.807, 2.05) is 32.2 Å². The monoisotopic (exact) mass is 385 g/mol. The van der Waals surface area contributed by atoms with Gasteiger partial charge in [0.1, 0.15) is 0 Å². The van der Waals surface area contributed by atoms with Crippen LogP contribution in [-0.2, 0) is 4.79 Å². The number of carbonyl (C=O) groups is 2. The Hall–Kier alpha value is -2.05. The smallest absolute Gasteiger partial charge is 0.254 e. The first kappa shape index (κ1) is 19.7. The number of rotatable bonds is 5. The summed E-state index contributed by atoms with van der Waals surface area (Å²) in [5, 5.41) is 8.19. The lowest BCUT2D eigenvalue weighted by Gasteiger charge is -2.24. The number of aliphatic imine (C=N–C) groups is 1. The van der Waals surface area contributed by atoms with Crippen molar-refractivity contribution in [3.05, 3.63) is 39.6 Å². The summed E-state index contributed by atoms with van der Waals surface area (Å²) in [6, 6.07) is 0. The zero-order valence-electron chi connectivity index (χ0n) is 16.2. The predicted octanol–water partition coefficient (Wildman–Crippen LogP) is 3.36. The van der Waals surface area contributed by atoms with E-state index in [1.54, 1.807) is 11.3 Å². The number of carbonyl (C=O) groups excluding carboxylic acids is 2. The molecule has 6 heteroatoms. The van der Waals surface area contributed by atoms with Gasteiger partial charge < -0.3 is 10.6 Å². The highest BCUT2D eigenvalue weighted by Crippen LogP contribution is 2.35. The molecule has 0 aromatic carbocycles. The Morgan fingerprint density at radius 3 is 2.70 bits per heavy atom. The minimum absolute atomic E-state index is 0.139. The Balaban J connectivity index is 1.66. The number of dihydropyridines is 1. The van der Waals surface area contributed by atoms with Crippen LogP contribution in [0, 0.1) is 18.8 Å². The number of hydrogen-bond donors (Lipinski definition) is 2. The molecule has 0 bridgehead atoms. The first-order chi connectivity index (χ1) is 12.9. The molecule has 2 aliphatic rings. The van der Waals surface area contributed by atoms with Gasteiger partial charge in [0.05, 0.1) is 11.5 Å². The van der Waals surface area contributed by atoms with E-state index in [9.17, 15) is 9.59 Å². The highest BCUT2D eigenvalue weighted by atomic mass is 32.1. The van der Waals surface area contributed by atoms with E-state index in [2.05, 4.69) is 22.2 Å². The minimum Gasteiger partial charge on any atom is -0.351 e. The second-order valence-corrected chi connectivity index (χ2v) is 8.28. The lowest BCUT2D eigenvalue weighted by atomic mass is 9.88. The Morgan fingerprint density at radius 1 is 1.33 bits per heavy atom. The molecule has 27 heavy (non-hydrogen) atoms. The molecule has 144 valence electrons. The quantitative estimate of drug-likeness (QED) is 0.816. The molecule has 2 amide bonds. The van der Waals surface area contributed by atoms with Crippen molar-refractivity contribution < 1.29 is 9.59 Å². The van der Waals surface area contributed by atoms with Crippen molar-refractivity contribution in [3.63, 3.8) is 0 Å². The maximum Gasteiger partial charge on any atom is 0.254 e. The summed E-state index contributed by atoms with van der Waals surface area (Å²) in [7, 11) is 0. The average Bonchev–Trinajstić information content (AvgIpc) is 3.02. The van der Waals surface area contributed by atoms with Gasteiger partial charge in [-0.25, -0.2) is 4.99 Å². The Morgan fingerprint density at radius 2 is 2.04 bits per heavy atom. The van der Waals surface area contributed by atoms with Crippen LogP contribution in [-0.4, -0.2) is 37.2 Å². The van der Waals surface area contributed by atoms with Crippen LogP contribution in [0.1, 0.15) is 47.5 Å². The third-order valence-corrected chi connectivity index (χ3v) is 6.60. The van der Waals surface area contributed by atoms with Crippen LogP contribution >= 0.6 is 11.3 Å². The number of piperidine rings is 1. The van der Waals surface area contributed by atoms with E-state index >= 15 is 0 Å². The highest BCUT2D eigenvalue weighted by Gasteiger charge is 2.26. The summed E-state index contributed by atoms with van der Waals surface area (Å²) in [5.41, 5.74) is 4.46. The molecule has 2 aliphatic heterocycles. The van der Waals surface area contributed by atoms with Crippen molar-refractivity contribution in [1.82, 2.24) is 10.6 Å². The summed E-state index contributed by atoms with van der Waals surface area (Å²) in [4.78, 5) is 29.9. The van der Waals surface area contributed by atoms with E-state index in [1.165, 1.54) is 0 Å². The molecule has 2 N–H and O–H groups in total. The molecular weight excluding hydrogens is 358 g/mol. The SMILES string of the molecule is C=C(c1scc(C(=O)NCC2C(=O)N=C(C)C=C2C)c1C)C1CCNCC1. The summed E-state index contributed by atoms with van der Waals surface area (Å²) in [5.74, 6) is -0.219. The van der Waals surface area contributed by atoms with E-state index in [0.29, 0.717) is 11.5 Å². The number of thiophene rings is 1. The van der Waals surface area contributed by atoms with Crippen molar-refractivity contribution in [2.24, 2.45) is 16.8 Å². The third kappa shape index (κ3) is 4.28. The van der Waals surface area contributed by atoms with Gasteiger partial charge in [0.15, 0.2) is 0 Å². The summed E-state index contributed by atoms with van der Waals surface area (Å²) in [6.07, 6.45) is 4.08. The predicted molar refractivity (Wildman–Crippen MR) is 111 cm³/mol. The number of hydrogen-bond acceptors (Lipinski definition) is 4. The van der Waals surface area contributed by atoms with Gasteiger partial charge in [-0.15, -0.1) is 11.3 Å². The molecule has 1 saturated heterocycles. The van der Waals surface area contributed by atoms with Crippen molar-refractivity contribution in [2.75, 3.05) is 19.6 Å². The maximum atomic E-state index is 12.7. The molecule has 0 saturated carbocycles. The molecule has 5 nitrogen and oxygen atoms in total. The van der Waals surface area contributed by atoms with Gasteiger partial charge in [0.2, 0.25) is 0 Å². The van der Waals surface area contributed by atoms with Crippen LogP contribution < -0.4 is 10.6 Å². The van der Waals surface area contributed by atoms with E-state index < -0.39 is 0 Å². The first-order valence-corrected chi connectivity index (χ1v) is 10.3. The average molecular weight is 386 g/mol. The number of amides is 2. The maximum absolute atomic E-state index is 12.7. The van der Waals surface area contributed by atoms with Crippen molar-refractivity contribution in [3.8, 4) is 0 Å². The molecule has 1 unspecified atom stereocenters. The fourth-order valence-corrected chi connectivity index (χ4v) is 4.88. The van der Waals surface area contributed by atoms with Crippen molar-refractivity contribution in [2.45, 2.75) is 33.6 Å². The minimum atomic E-state index is -0.374. The number of nitrogens with zero attached hydrogens (tertiary/aromatic N) is 1. The van der Waals surface area contributed by atoms with Crippen LogP contribution in [0.5, 0.6) is 0 Å². The molecule has 0 aliphatic carbocycles. The lowest BCUT2D eigenvalue weighted by molar-refractivity contribution is -0.120. The second-order valence-electron chi connectivity index (χ2n) is 7.40. The van der Waals surface area contributed by atoms with Crippen LogP contribution in [0.2, 0.25) is 0 Å². The Bertz CT molecular complexity index is 828. The largest absolute Gasteiger partial charge is 0.351 e. The highest BCUT2D eigenvalue weighted by molar-refractivity contribution is 7.11. The fraction of sp³-hybridized carbons (Fsp3) is 0.476. The first-order valence-electron chi connectivity index (χ1n) is 9.42. The van der Waals surface area contributed by atoms with Crippen LogP contribution in [0.3, 0.4) is 0 Å². The Kier molecular flexibility index (Phi) is 6.07. The third-order valence-electron chi connectivity index (χ3n) is 5.45. The molecule has 1 aromatic rings. The van der Waals surface area contributed by atoms with Gasteiger partial charge in [0.25, 0.3) is 11.8 Å². The topological polar surface area (TPSA) is 70.6 Å². The Labute approximate surface area is 164 Å². The van der Waals surface area contributed by atoms with Gasteiger partial charge in [0, 0.05) is 22.5 Å². The normalized spacial score (nSPS) is 20.9. The summed E-state index contributed by atoms with van der Waals surface area (Å²) >= 11 is 1.59. The number of allylic oxidation sites excluding steroid dienone is 2. The lowest BCUT2D eigenvalue weighted by Crippen LogP contribution is -2.34. The summed E-state index contributed by atoms with van der Waals surface area (Å²) in [6.45, 7) is 12.3. The van der Waals surface area contributed by atoms with Gasteiger partial charge in [-0.05, 0) is 69.8 Å². The van der Waals surface area contributed by atoms with Crippen LogP contribution in [0.25, 0.3) is 5.57 Å². The van der Waals surface area contributed by atoms with E-state index in [-0.39, 0.29) is 24.3 Å². The molecule has 1 atom stereocenters. The summed E-state index contributed by atoms with van der Waals surface area (Å²) < 4.78 is 0.